The van der Waals surface area contributed by atoms with Gasteiger partial charge in [0.05, 0.1) is 11.8 Å². The van der Waals surface area contributed by atoms with Crippen LogP contribution in [0.2, 0.25) is 0 Å². The summed E-state index contributed by atoms with van der Waals surface area (Å²) in [4.78, 5) is 4.51. The number of rotatable bonds is 9. The number of aryl methyl sites for hydroxylation is 1. The minimum Gasteiger partial charge on any atom is -0.489 e. The van der Waals surface area contributed by atoms with E-state index in [0.29, 0.717) is 17.2 Å². The molecule has 180 valence electrons. The number of benzene rings is 2. The standard InChI is InChI=1S/C22H18Cl2F3N3O4/c1-30-21(18(13-28-31-2)20(29-30)22(25,26)27)34-17-9-7-16(8-10-17)33-15-5-3-14(4-6-15)32-12-11-19(23)24/h3-11,13H,12H2,1-2H3/b28-13-. The third-order valence-corrected chi connectivity index (χ3v) is 4.48. The summed E-state index contributed by atoms with van der Waals surface area (Å²) < 4.78 is 57.9. The monoisotopic (exact) mass is 515 g/mol. The quantitative estimate of drug-likeness (QED) is 0.234. The number of oxime groups is 1. The van der Waals surface area contributed by atoms with Crippen LogP contribution in [-0.2, 0) is 18.1 Å². The first-order valence-corrected chi connectivity index (χ1v) is 10.3. The van der Waals surface area contributed by atoms with Crippen LogP contribution in [0.3, 0.4) is 0 Å². The van der Waals surface area contributed by atoms with Crippen molar-refractivity contribution in [2.45, 2.75) is 6.18 Å². The summed E-state index contributed by atoms with van der Waals surface area (Å²) in [6.45, 7) is 0.226. The minimum atomic E-state index is -4.69. The molecular formula is C22H18Cl2F3N3O4. The summed E-state index contributed by atoms with van der Waals surface area (Å²) >= 11 is 11.1. The van der Waals surface area contributed by atoms with E-state index < -0.39 is 11.9 Å². The Hall–Kier alpha value is -3.37. The van der Waals surface area contributed by atoms with Gasteiger partial charge in [0.1, 0.15) is 41.2 Å². The van der Waals surface area contributed by atoms with Gasteiger partial charge in [-0.1, -0.05) is 28.4 Å². The second-order valence-electron chi connectivity index (χ2n) is 6.56. The van der Waals surface area contributed by atoms with E-state index in [4.69, 9.17) is 37.4 Å². The van der Waals surface area contributed by atoms with Gasteiger partial charge in [-0.15, -0.1) is 0 Å². The molecule has 2 aromatic carbocycles. The van der Waals surface area contributed by atoms with E-state index >= 15 is 0 Å². The fourth-order valence-corrected chi connectivity index (χ4v) is 2.83. The number of hydrogen-bond donors (Lipinski definition) is 0. The van der Waals surface area contributed by atoms with E-state index in [1.807, 2.05) is 0 Å². The molecule has 0 atom stereocenters. The lowest BCUT2D eigenvalue weighted by molar-refractivity contribution is -0.141. The van der Waals surface area contributed by atoms with Crippen LogP contribution in [0.5, 0.6) is 28.9 Å². The van der Waals surface area contributed by atoms with Crippen LogP contribution in [0.4, 0.5) is 13.2 Å². The Bertz CT molecular complexity index is 1160. The van der Waals surface area contributed by atoms with Gasteiger partial charge in [-0.25, -0.2) is 4.68 Å². The molecule has 12 heteroatoms. The molecule has 3 rings (SSSR count). The van der Waals surface area contributed by atoms with Crippen LogP contribution < -0.4 is 14.2 Å². The van der Waals surface area contributed by atoms with Crippen LogP contribution >= 0.6 is 23.2 Å². The van der Waals surface area contributed by atoms with Crippen LogP contribution in [0.1, 0.15) is 11.3 Å². The molecule has 0 fully saturated rings. The van der Waals surface area contributed by atoms with Crippen molar-refractivity contribution in [3.05, 3.63) is 70.4 Å². The summed E-state index contributed by atoms with van der Waals surface area (Å²) in [5.74, 6) is 1.75. The van der Waals surface area contributed by atoms with Gasteiger partial charge >= 0.3 is 6.18 Å². The van der Waals surface area contributed by atoms with Gasteiger partial charge in [-0.2, -0.15) is 18.3 Å². The normalized spacial score (nSPS) is 11.4. The van der Waals surface area contributed by atoms with E-state index in [1.54, 1.807) is 48.5 Å². The molecule has 7 nitrogen and oxygen atoms in total. The van der Waals surface area contributed by atoms with Crippen LogP contribution in [-0.4, -0.2) is 29.7 Å². The summed E-state index contributed by atoms with van der Waals surface area (Å²) in [6, 6.07) is 13.2. The molecule has 0 amide bonds. The maximum atomic E-state index is 13.3. The Labute approximate surface area is 202 Å². The SMILES string of the molecule is CO/N=C\c1c(C(F)(F)F)nn(C)c1Oc1ccc(Oc2ccc(OCC=C(Cl)Cl)cc2)cc1. The van der Waals surface area contributed by atoms with Gasteiger partial charge in [0.25, 0.3) is 0 Å². The van der Waals surface area contributed by atoms with Crippen molar-refractivity contribution in [2.24, 2.45) is 12.2 Å². The number of alkyl halides is 3. The van der Waals surface area contributed by atoms with Crippen molar-refractivity contribution >= 4 is 29.4 Å². The zero-order valence-corrected chi connectivity index (χ0v) is 19.4. The molecule has 0 aliphatic rings. The van der Waals surface area contributed by atoms with Gasteiger partial charge in [0, 0.05) is 7.05 Å². The third kappa shape index (κ3) is 6.82. The predicted octanol–water partition coefficient (Wildman–Crippen LogP) is 6.70. The van der Waals surface area contributed by atoms with Crippen molar-refractivity contribution in [3.63, 3.8) is 0 Å². The first-order valence-electron chi connectivity index (χ1n) is 9.58. The van der Waals surface area contributed by atoms with Crippen molar-refractivity contribution in [3.8, 4) is 28.9 Å². The average molecular weight is 516 g/mol. The van der Waals surface area contributed by atoms with Gasteiger partial charge in [0.15, 0.2) is 5.69 Å². The Kier molecular flexibility index (Phi) is 8.30. The Morgan fingerprint density at radius 2 is 1.50 bits per heavy atom. The highest BCUT2D eigenvalue weighted by atomic mass is 35.5. The highest BCUT2D eigenvalue weighted by molar-refractivity contribution is 6.55. The van der Waals surface area contributed by atoms with Crippen molar-refractivity contribution < 1.29 is 32.2 Å². The number of ether oxygens (including phenoxy) is 3. The molecule has 0 saturated carbocycles. The molecule has 1 aromatic heterocycles. The van der Waals surface area contributed by atoms with Gasteiger partial charge in [0.2, 0.25) is 5.88 Å². The number of hydrogen-bond acceptors (Lipinski definition) is 6. The lowest BCUT2D eigenvalue weighted by Gasteiger charge is -2.10. The molecule has 34 heavy (non-hydrogen) atoms. The first kappa shape index (κ1) is 25.3. The van der Waals surface area contributed by atoms with E-state index in [0.717, 1.165) is 10.9 Å². The topological polar surface area (TPSA) is 67.1 Å². The Morgan fingerprint density at radius 1 is 0.971 bits per heavy atom. The maximum Gasteiger partial charge on any atom is 0.435 e. The molecule has 0 radical (unpaired) electrons. The lowest BCUT2D eigenvalue weighted by Crippen LogP contribution is -2.09. The molecule has 0 saturated heterocycles. The smallest absolute Gasteiger partial charge is 0.435 e. The van der Waals surface area contributed by atoms with E-state index in [-0.39, 0.29) is 28.3 Å². The summed E-state index contributed by atoms with van der Waals surface area (Å²) in [5.41, 5.74) is -1.50. The third-order valence-electron chi connectivity index (χ3n) is 4.17. The molecule has 0 spiro atoms. The second kappa shape index (κ2) is 11.2. The molecule has 0 bridgehead atoms. The molecule has 1 heterocycles. The van der Waals surface area contributed by atoms with E-state index in [9.17, 15) is 13.2 Å². The van der Waals surface area contributed by atoms with Crippen LogP contribution in [0.25, 0.3) is 0 Å². The summed E-state index contributed by atoms with van der Waals surface area (Å²) in [5, 5.41) is 6.93. The van der Waals surface area contributed by atoms with Crippen molar-refractivity contribution in [1.82, 2.24) is 9.78 Å². The summed E-state index contributed by atoms with van der Waals surface area (Å²) in [6.07, 6.45) is -2.28. The van der Waals surface area contributed by atoms with Crippen LogP contribution in [0.15, 0.2) is 64.3 Å². The number of halogens is 5. The molecule has 0 aliphatic heterocycles. The molecule has 0 aliphatic carbocycles. The zero-order chi connectivity index (χ0) is 24.7. The van der Waals surface area contributed by atoms with Gasteiger partial charge in [-0.3, -0.25) is 0 Å². The molecule has 0 N–H and O–H groups in total. The summed E-state index contributed by atoms with van der Waals surface area (Å²) in [7, 11) is 2.55. The highest BCUT2D eigenvalue weighted by Crippen LogP contribution is 2.36. The minimum absolute atomic E-state index is 0.121. The second-order valence-corrected chi connectivity index (χ2v) is 7.57. The lowest BCUT2D eigenvalue weighted by atomic mass is 10.2. The largest absolute Gasteiger partial charge is 0.489 e. The fraction of sp³-hybridized carbons (Fsp3) is 0.182. The maximum absolute atomic E-state index is 13.3. The van der Waals surface area contributed by atoms with E-state index in [1.165, 1.54) is 20.2 Å². The van der Waals surface area contributed by atoms with Gasteiger partial charge in [-0.05, 0) is 54.6 Å². The Morgan fingerprint density at radius 3 is 2.00 bits per heavy atom. The molecule has 3 aromatic rings. The molecular weight excluding hydrogens is 498 g/mol. The van der Waals surface area contributed by atoms with E-state index in [2.05, 4.69) is 15.1 Å². The van der Waals surface area contributed by atoms with Crippen molar-refractivity contribution in [2.75, 3.05) is 13.7 Å². The number of nitrogens with zero attached hydrogens (tertiary/aromatic N) is 3. The fourth-order valence-electron chi connectivity index (χ4n) is 2.71. The highest BCUT2D eigenvalue weighted by Gasteiger charge is 2.39. The zero-order valence-electron chi connectivity index (χ0n) is 17.8. The Balaban J connectivity index is 1.70. The first-order chi connectivity index (χ1) is 16.2. The predicted molar refractivity (Wildman–Crippen MR) is 121 cm³/mol. The average Bonchev–Trinajstić information content (AvgIpc) is 3.10. The molecule has 0 unspecified atom stereocenters. The van der Waals surface area contributed by atoms with Gasteiger partial charge < -0.3 is 19.0 Å². The van der Waals surface area contributed by atoms with Crippen molar-refractivity contribution in [1.29, 1.82) is 0 Å². The number of aromatic nitrogens is 2. The van der Waals surface area contributed by atoms with Crippen LogP contribution in [0, 0.1) is 0 Å².